The van der Waals surface area contributed by atoms with Crippen molar-refractivity contribution in [2.24, 2.45) is 0 Å². The van der Waals surface area contributed by atoms with Crippen LogP contribution in [0.25, 0.3) is 0 Å². The van der Waals surface area contributed by atoms with E-state index in [2.05, 4.69) is 30.2 Å². The van der Waals surface area contributed by atoms with Crippen LogP contribution in [-0.2, 0) is 6.42 Å². The second-order valence-electron chi connectivity index (χ2n) is 4.52. The monoisotopic (exact) mass is 244 g/mol. The van der Waals surface area contributed by atoms with Crippen LogP contribution in [0.2, 0.25) is 0 Å². The van der Waals surface area contributed by atoms with Crippen molar-refractivity contribution >= 4 is 0 Å². The summed E-state index contributed by atoms with van der Waals surface area (Å²) in [6.07, 6.45) is 7.44. The molecule has 3 heteroatoms. The quantitative estimate of drug-likeness (QED) is 0.847. The Hall–Kier alpha value is -1.61. The highest BCUT2D eigenvalue weighted by molar-refractivity contribution is 5.25. The largest absolute Gasteiger partial charge is 0.472 e. The predicted molar refractivity (Wildman–Crippen MR) is 72.4 cm³/mol. The molecule has 2 heterocycles. The first-order valence-corrected chi connectivity index (χ1v) is 6.47. The van der Waals surface area contributed by atoms with E-state index in [0.717, 1.165) is 25.1 Å². The van der Waals surface area contributed by atoms with E-state index >= 15 is 0 Å². The van der Waals surface area contributed by atoms with Gasteiger partial charge in [-0.2, -0.15) is 0 Å². The first kappa shape index (κ1) is 12.8. The summed E-state index contributed by atoms with van der Waals surface area (Å²) in [5.74, 6) is 0. The van der Waals surface area contributed by atoms with Crippen molar-refractivity contribution in [2.45, 2.75) is 32.7 Å². The molecule has 2 aromatic rings. The molecule has 0 bridgehead atoms. The Morgan fingerprint density at radius 1 is 1.39 bits per heavy atom. The van der Waals surface area contributed by atoms with Gasteiger partial charge < -0.3 is 9.73 Å². The van der Waals surface area contributed by atoms with Crippen molar-refractivity contribution in [3.05, 3.63) is 53.7 Å². The van der Waals surface area contributed by atoms with Crippen LogP contribution in [0, 0.1) is 6.92 Å². The smallest absolute Gasteiger partial charge is 0.0935 e. The van der Waals surface area contributed by atoms with Gasteiger partial charge >= 0.3 is 0 Å². The van der Waals surface area contributed by atoms with Gasteiger partial charge in [-0.25, -0.2) is 0 Å². The summed E-state index contributed by atoms with van der Waals surface area (Å²) in [7, 11) is 0. The number of nitrogens with one attached hydrogen (secondary N) is 1. The zero-order valence-electron chi connectivity index (χ0n) is 11.0. The lowest BCUT2D eigenvalue weighted by molar-refractivity contribution is 0.517. The zero-order valence-corrected chi connectivity index (χ0v) is 11.0. The second kappa shape index (κ2) is 6.36. The molecule has 2 aromatic heterocycles. The summed E-state index contributed by atoms with van der Waals surface area (Å²) >= 11 is 0. The third-order valence-corrected chi connectivity index (χ3v) is 3.08. The van der Waals surface area contributed by atoms with Gasteiger partial charge in [0, 0.05) is 17.9 Å². The van der Waals surface area contributed by atoms with Gasteiger partial charge in [-0.05, 0) is 49.6 Å². The summed E-state index contributed by atoms with van der Waals surface area (Å²) in [5, 5.41) is 3.58. The van der Waals surface area contributed by atoms with E-state index in [0.29, 0.717) is 6.04 Å². The van der Waals surface area contributed by atoms with E-state index in [-0.39, 0.29) is 0 Å². The van der Waals surface area contributed by atoms with Crippen LogP contribution in [0.3, 0.4) is 0 Å². The lowest BCUT2D eigenvalue weighted by atomic mass is 9.99. The molecule has 0 amide bonds. The molecule has 0 aromatic carbocycles. The zero-order chi connectivity index (χ0) is 12.8. The Morgan fingerprint density at radius 2 is 2.28 bits per heavy atom. The van der Waals surface area contributed by atoms with E-state index in [1.165, 1.54) is 11.1 Å². The van der Waals surface area contributed by atoms with Crippen molar-refractivity contribution in [2.75, 3.05) is 6.54 Å². The first-order valence-electron chi connectivity index (χ1n) is 6.47. The Labute approximate surface area is 108 Å². The van der Waals surface area contributed by atoms with E-state index in [1.54, 1.807) is 6.26 Å². The van der Waals surface area contributed by atoms with Crippen molar-refractivity contribution in [3.8, 4) is 0 Å². The molecule has 1 unspecified atom stereocenters. The Bertz CT molecular complexity index is 465. The third kappa shape index (κ3) is 3.20. The van der Waals surface area contributed by atoms with Crippen LogP contribution in [0.1, 0.15) is 36.2 Å². The maximum Gasteiger partial charge on any atom is 0.0935 e. The molecule has 0 spiro atoms. The van der Waals surface area contributed by atoms with Gasteiger partial charge in [0.15, 0.2) is 0 Å². The molecule has 0 aliphatic heterocycles. The number of furan rings is 1. The van der Waals surface area contributed by atoms with Gasteiger partial charge in [0.05, 0.1) is 12.5 Å². The maximum atomic E-state index is 5.14. The fourth-order valence-electron chi connectivity index (χ4n) is 2.12. The van der Waals surface area contributed by atoms with Crippen molar-refractivity contribution < 1.29 is 4.42 Å². The highest BCUT2D eigenvalue weighted by Gasteiger charge is 2.14. The number of nitrogens with zero attached hydrogens (tertiary/aromatic N) is 1. The molecule has 0 aliphatic carbocycles. The normalized spacial score (nSPS) is 12.6. The fraction of sp³-hybridized carbons (Fsp3) is 0.400. The minimum Gasteiger partial charge on any atom is -0.472 e. The molecular weight excluding hydrogens is 224 g/mol. The number of aryl methyl sites for hydroxylation is 1. The van der Waals surface area contributed by atoms with Crippen LogP contribution in [0.15, 0.2) is 41.3 Å². The van der Waals surface area contributed by atoms with Gasteiger partial charge in [0.2, 0.25) is 0 Å². The molecule has 1 atom stereocenters. The minimum atomic E-state index is 0.302. The van der Waals surface area contributed by atoms with Gasteiger partial charge in [0.25, 0.3) is 0 Å². The van der Waals surface area contributed by atoms with E-state index < -0.39 is 0 Å². The standard InChI is InChI=1S/C15H20N2O/c1-3-7-17-15(10-13-6-9-18-11-13)14-5-4-8-16-12(14)2/h4-6,8-9,11,15,17H,3,7,10H2,1-2H3. The van der Waals surface area contributed by atoms with E-state index in [1.807, 2.05) is 24.6 Å². The van der Waals surface area contributed by atoms with Crippen LogP contribution in [0.4, 0.5) is 0 Å². The molecular formula is C15H20N2O. The molecule has 3 nitrogen and oxygen atoms in total. The highest BCUT2D eigenvalue weighted by atomic mass is 16.3. The summed E-state index contributed by atoms with van der Waals surface area (Å²) in [6, 6.07) is 6.47. The lowest BCUT2D eigenvalue weighted by Gasteiger charge is -2.19. The molecule has 1 N–H and O–H groups in total. The Morgan fingerprint density at radius 3 is 2.94 bits per heavy atom. The summed E-state index contributed by atoms with van der Waals surface area (Å²) in [4.78, 5) is 4.37. The van der Waals surface area contributed by atoms with Gasteiger partial charge in [-0.3, -0.25) is 4.98 Å². The Kier molecular flexibility index (Phi) is 4.53. The number of hydrogen-bond acceptors (Lipinski definition) is 3. The van der Waals surface area contributed by atoms with Crippen LogP contribution >= 0.6 is 0 Å². The molecule has 0 fully saturated rings. The van der Waals surface area contributed by atoms with Crippen LogP contribution in [0.5, 0.6) is 0 Å². The molecule has 2 rings (SSSR count). The fourth-order valence-corrected chi connectivity index (χ4v) is 2.12. The van der Waals surface area contributed by atoms with Crippen molar-refractivity contribution in [3.63, 3.8) is 0 Å². The van der Waals surface area contributed by atoms with Gasteiger partial charge in [0.1, 0.15) is 0 Å². The average Bonchev–Trinajstić information content (AvgIpc) is 2.88. The second-order valence-corrected chi connectivity index (χ2v) is 4.52. The first-order chi connectivity index (χ1) is 8.81. The van der Waals surface area contributed by atoms with Gasteiger partial charge in [-0.15, -0.1) is 0 Å². The minimum absolute atomic E-state index is 0.302. The highest BCUT2D eigenvalue weighted by Crippen LogP contribution is 2.20. The summed E-state index contributed by atoms with van der Waals surface area (Å²) in [5.41, 5.74) is 3.58. The number of aromatic nitrogens is 1. The van der Waals surface area contributed by atoms with E-state index in [4.69, 9.17) is 4.42 Å². The molecule has 0 saturated carbocycles. The predicted octanol–water partition coefficient (Wildman–Crippen LogP) is 3.27. The molecule has 0 aliphatic rings. The average molecular weight is 244 g/mol. The van der Waals surface area contributed by atoms with Gasteiger partial charge in [-0.1, -0.05) is 13.0 Å². The Balaban J connectivity index is 2.16. The SMILES string of the molecule is CCCNC(Cc1ccoc1)c1cccnc1C. The lowest BCUT2D eigenvalue weighted by Crippen LogP contribution is -2.24. The van der Waals surface area contributed by atoms with Crippen LogP contribution in [-0.4, -0.2) is 11.5 Å². The number of hydrogen-bond donors (Lipinski definition) is 1. The summed E-state index contributed by atoms with van der Waals surface area (Å²) in [6.45, 7) is 5.25. The third-order valence-electron chi connectivity index (χ3n) is 3.08. The number of rotatable bonds is 6. The van der Waals surface area contributed by atoms with Crippen LogP contribution < -0.4 is 5.32 Å². The molecule has 0 saturated heterocycles. The molecule has 18 heavy (non-hydrogen) atoms. The topological polar surface area (TPSA) is 38.1 Å². The maximum absolute atomic E-state index is 5.14. The molecule has 96 valence electrons. The van der Waals surface area contributed by atoms with Crippen molar-refractivity contribution in [1.29, 1.82) is 0 Å². The van der Waals surface area contributed by atoms with E-state index in [9.17, 15) is 0 Å². The summed E-state index contributed by atoms with van der Waals surface area (Å²) < 4.78 is 5.14. The number of pyridine rings is 1. The van der Waals surface area contributed by atoms with Crippen molar-refractivity contribution in [1.82, 2.24) is 10.3 Å². The molecule has 0 radical (unpaired) electrons.